The molecule has 0 aliphatic carbocycles. The van der Waals surface area contributed by atoms with E-state index in [1.54, 1.807) is 19.2 Å². The van der Waals surface area contributed by atoms with E-state index in [0.717, 1.165) is 22.6 Å². The number of rotatable bonds is 9. The summed E-state index contributed by atoms with van der Waals surface area (Å²) in [7, 11) is -0.576. The average Bonchev–Trinajstić information content (AvgIpc) is 3.48. The van der Waals surface area contributed by atoms with E-state index in [9.17, 15) is 14.7 Å². The maximum Gasteiger partial charge on any atom is 0.264 e. The highest BCUT2D eigenvalue weighted by atomic mass is 28.3. The zero-order valence-corrected chi connectivity index (χ0v) is 27.2. The third-order valence-electron chi connectivity index (χ3n) is 9.72. The summed E-state index contributed by atoms with van der Waals surface area (Å²) in [5.74, 6) is 0.404. The number of benzene rings is 4. The molecule has 4 atom stereocenters. The summed E-state index contributed by atoms with van der Waals surface area (Å²) < 4.78 is 12.4. The first kappa shape index (κ1) is 30.8. The van der Waals surface area contributed by atoms with Crippen molar-refractivity contribution >= 4 is 36.4 Å². The number of para-hydroxylation sites is 1. The van der Waals surface area contributed by atoms with Gasteiger partial charge in [0.15, 0.2) is 5.60 Å². The van der Waals surface area contributed by atoms with Gasteiger partial charge in [0.25, 0.3) is 11.8 Å². The number of ether oxygens (including phenoxy) is 2. The molecule has 4 aromatic carbocycles. The first-order valence-corrected chi connectivity index (χ1v) is 18.6. The van der Waals surface area contributed by atoms with E-state index >= 15 is 0 Å². The van der Waals surface area contributed by atoms with Crippen LogP contribution in [-0.2, 0) is 21.7 Å². The molecule has 7 nitrogen and oxygen atoms in total. The summed E-state index contributed by atoms with van der Waals surface area (Å²) in [4.78, 5) is 29.4. The quantitative estimate of drug-likeness (QED) is 0.221. The second-order valence-electron chi connectivity index (χ2n) is 12.6. The van der Waals surface area contributed by atoms with E-state index in [2.05, 4.69) is 37.5 Å². The summed E-state index contributed by atoms with van der Waals surface area (Å²) in [6.07, 6.45) is 0.185. The SMILES string of the molecule is COc1ccc([Si](C)(C)[C@H]2[C@H](CCO)O[C@@]3(C(=O)N(Cc4cccc(NC(=O)c5ccccc5)c4)c4ccccc43)[C@@H]2C)cc1. The largest absolute Gasteiger partial charge is 0.497 e. The number of aliphatic hydroxyl groups is 1. The fourth-order valence-electron chi connectivity index (χ4n) is 7.54. The highest BCUT2D eigenvalue weighted by Gasteiger charge is 2.66. The van der Waals surface area contributed by atoms with Gasteiger partial charge in [-0.3, -0.25) is 9.59 Å². The lowest BCUT2D eigenvalue weighted by atomic mass is 9.82. The molecule has 2 amide bonds. The maximum absolute atomic E-state index is 14.8. The van der Waals surface area contributed by atoms with Crippen LogP contribution < -0.4 is 20.1 Å². The van der Waals surface area contributed by atoms with E-state index in [4.69, 9.17) is 9.47 Å². The zero-order valence-electron chi connectivity index (χ0n) is 26.2. The second-order valence-corrected chi connectivity index (χ2v) is 17.3. The van der Waals surface area contributed by atoms with Gasteiger partial charge < -0.3 is 24.8 Å². The number of methoxy groups -OCH3 is 1. The van der Waals surface area contributed by atoms with Gasteiger partial charge in [-0.15, -0.1) is 0 Å². The molecular weight excluding hydrogens is 581 g/mol. The fraction of sp³-hybridized carbons (Fsp3) is 0.297. The minimum absolute atomic E-state index is 0.0158. The molecule has 1 saturated heterocycles. The number of carbonyl (C=O) groups excluding carboxylic acids is 2. The van der Waals surface area contributed by atoms with Crippen molar-refractivity contribution in [2.45, 2.75) is 50.2 Å². The van der Waals surface area contributed by atoms with Crippen LogP contribution in [0.25, 0.3) is 0 Å². The number of amides is 2. The highest BCUT2D eigenvalue weighted by Crippen LogP contribution is 2.60. The molecule has 1 spiro atoms. The number of aliphatic hydroxyl groups excluding tert-OH is 1. The number of hydrogen-bond acceptors (Lipinski definition) is 5. The van der Waals surface area contributed by atoms with Crippen molar-refractivity contribution in [2.24, 2.45) is 5.92 Å². The average molecular weight is 621 g/mol. The molecule has 6 rings (SSSR count). The topological polar surface area (TPSA) is 88.1 Å². The first-order valence-electron chi connectivity index (χ1n) is 15.5. The van der Waals surface area contributed by atoms with Crippen LogP contribution in [0.2, 0.25) is 18.6 Å². The van der Waals surface area contributed by atoms with Gasteiger partial charge in [0, 0.05) is 29.3 Å². The van der Waals surface area contributed by atoms with Crippen LogP contribution in [0.5, 0.6) is 5.75 Å². The summed E-state index contributed by atoms with van der Waals surface area (Å²) >= 11 is 0. The molecule has 8 heteroatoms. The number of hydrogen-bond donors (Lipinski definition) is 2. The molecule has 0 saturated carbocycles. The predicted molar refractivity (Wildman–Crippen MR) is 180 cm³/mol. The molecule has 232 valence electrons. The number of carbonyl (C=O) groups is 2. The minimum atomic E-state index is -2.24. The number of nitrogens with one attached hydrogen (secondary N) is 1. The lowest BCUT2D eigenvalue weighted by molar-refractivity contribution is -0.146. The van der Waals surface area contributed by atoms with Gasteiger partial charge in [-0.25, -0.2) is 0 Å². The molecule has 2 heterocycles. The van der Waals surface area contributed by atoms with E-state index in [-0.39, 0.29) is 36.0 Å². The molecule has 0 unspecified atom stereocenters. The third-order valence-corrected chi connectivity index (χ3v) is 14.1. The Labute approximate surface area is 265 Å². The Morgan fingerprint density at radius 1 is 0.978 bits per heavy atom. The lowest BCUT2D eigenvalue weighted by Crippen LogP contribution is -2.51. The molecule has 0 bridgehead atoms. The standard InChI is InChI=1S/C37H40N2O5Si/c1-25-34(45(3,4)30-19-17-29(43-2)18-20-30)33(21-22-40)44-37(25)31-15-8-9-16-32(31)39(36(37)42)24-26-11-10-14-28(23-26)38-35(41)27-12-6-5-7-13-27/h5-20,23,25,33-34,40H,21-22,24H2,1-4H3,(H,38,41)/t25-,33+,34-,37+/m1/s1. The molecular formula is C37H40N2O5Si. The summed E-state index contributed by atoms with van der Waals surface area (Å²) in [6, 6.07) is 32.9. The molecule has 45 heavy (non-hydrogen) atoms. The van der Waals surface area contributed by atoms with Crippen LogP contribution in [0.4, 0.5) is 11.4 Å². The maximum atomic E-state index is 14.8. The number of anilines is 2. The molecule has 2 aliphatic heterocycles. The molecule has 2 N–H and O–H groups in total. The normalized spacial score (nSPS) is 22.5. The minimum Gasteiger partial charge on any atom is -0.497 e. The molecule has 2 aliphatic rings. The number of fused-ring (bicyclic) bond motifs is 2. The van der Waals surface area contributed by atoms with Crippen LogP contribution in [0.3, 0.4) is 0 Å². The van der Waals surface area contributed by atoms with Crippen molar-refractivity contribution in [3.05, 3.63) is 120 Å². The van der Waals surface area contributed by atoms with Gasteiger partial charge in [0.1, 0.15) is 5.75 Å². The Morgan fingerprint density at radius 2 is 1.69 bits per heavy atom. The molecule has 1 fully saturated rings. The third kappa shape index (κ3) is 5.37. The van der Waals surface area contributed by atoms with E-state index in [1.807, 2.05) is 83.8 Å². The Morgan fingerprint density at radius 3 is 2.40 bits per heavy atom. The van der Waals surface area contributed by atoms with Crippen LogP contribution in [-0.4, -0.2) is 44.8 Å². The van der Waals surface area contributed by atoms with Gasteiger partial charge >= 0.3 is 0 Å². The highest BCUT2D eigenvalue weighted by molar-refractivity contribution is 6.91. The van der Waals surface area contributed by atoms with Crippen LogP contribution in [0, 0.1) is 5.92 Å². The number of nitrogens with zero attached hydrogens (tertiary/aromatic N) is 1. The van der Waals surface area contributed by atoms with Crippen molar-refractivity contribution in [3.8, 4) is 5.75 Å². The van der Waals surface area contributed by atoms with E-state index in [0.29, 0.717) is 24.2 Å². The predicted octanol–water partition coefficient (Wildman–Crippen LogP) is 6.09. The van der Waals surface area contributed by atoms with Crippen molar-refractivity contribution in [1.82, 2.24) is 0 Å². The van der Waals surface area contributed by atoms with E-state index in [1.165, 1.54) is 5.19 Å². The zero-order chi connectivity index (χ0) is 31.8. The van der Waals surface area contributed by atoms with Crippen molar-refractivity contribution in [1.29, 1.82) is 0 Å². The van der Waals surface area contributed by atoms with Crippen molar-refractivity contribution in [3.63, 3.8) is 0 Å². The molecule has 4 aromatic rings. The summed E-state index contributed by atoms with van der Waals surface area (Å²) in [5.41, 5.74) is 2.76. The van der Waals surface area contributed by atoms with Crippen molar-refractivity contribution in [2.75, 3.05) is 23.9 Å². The van der Waals surface area contributed by atoms with Gasteiger partial charge in [-0.05, 0) is 60.0 Å². The Bertz CT molecular complexity index is 1690. The van der Waals surface area contributed by atoms with Gasteiger partial charge in [-0.2, -0.15) is 0 Å². The molecule has 0 radical (unpaired) electrons. The Balaban J connectivity index is 1.33. The van der Waals surface area contributed by atoms with Crippen LogP contribution in [0.15, 0.2) is 103 Å². The lowest BCUT2D eigenvalue weighted by Gasteiger charge is -2.37. The van der Waals surface area contributed by atoms with Crippen LogP contribution in [0.1, 0.15) is 34.8 Å². The smallest absolute Gasteiger partial charge is 0.264 e. The second kappa shape index (κ2) is 12.3. The summed E-state index contributed by atoms with van der Waals surface area (Å²) in [5, 5.41) is 14.4. The first-order chi connectivity index (χ1) is 21.7. The van der Waals surface area contributed by atoms with Gasteiger partial charge in [-0.1, -0.05) is 85.9 Å². The van der Waals surface area contributed by atoms with Crippen molar-refractivity contribution < 1.29 is 24.2 Å². The van der Waals surface area contributed by atoms with Gasteiger partial charge in [0.2, 0.25) is 0 Å². The molecule has 0 aromatic heterocycles. The monoisotopic (exact) mass is 620 g/mol. The van der Waals surface area contributed by atoms with Crippen LogP contribution >= 0.6 is 0 Å². The van der Waals surface area contributed by atoms with E-state index < -0.39 is 13.7 Å². The van der Waals surface area contributed by atoms with Gasteiger partial charge in [0.05, 0.1) is 33.5 Å². The Hall–Kier alpha value is -4.24. The summed E-state index contributed by atoms with van der Waals surface area (Å²) in [6.45, 7) is 7.13. The fourth-order valence-corrected chi connectivity index (χ4v) is 11.6. The Kier molecular flexibility index (Phi) is 8.39.